The second kappa shape index (κ2) is 21.5. The number of alkyl halides is 6. The first kappa shape index (κ1) is 56.4. The smallest absolute Gasteiger partial charge is 0.475 e. The first-order valence-corrected chi connectivity index (χ1v) is 25.2. The van der Waals surface area contributed by atoms with Gasteiger partial charge in [-0.05, 0) is 38.1 Å². The van der Waals surface area contributed by atoms with Gasteiger partial charge in [0.25, 0.3) is 0 Å². The van der Waals surface area contributed by atoms with Gasteiger partial charge in [0.15, 0.2) is 0 Å². The predicted molar refractivity (Wildman–Crippen MR) is 262 cm³/mol. The monoisotopic (exact) mass is 1080 g/mol. The number of halogens is 6. The van der Waals surface area contributed by atoms with Crippen LogP contribution >= 0.6 is 0 Å². The fourth-order valence-corrected chi connectivity index (χ4v) is 11.1. The van der Waals surface area contributed by atoms with E-state index in [0.29, 0.717) is 0 Å². The van der Waals surface area contributed by atoms with Crippen LogP contribution in [0.2, 0.25) is 0 Å². The second-order valence-corrected chi connectivity index (χ2v) is 21.4. The van der Waals surface area contributed by atoms with Crippen molar-refractivity contribution in [2.75, 3.05) is 37.7 Å². The highest BCUT2D eigenvalue weighted by atomic mass is 32.2. The molecule has 0 bridgehead atoms. The van der Waals surface area contributed by atoms with E-state index in [-0.39, 0.29) is 58.0 Å². The summed E-state index contributed by atoms with van der Waals surface area (Å²) in [6.07, 6.45) is 1.03. The van der Waals surface area contributed by atoms with Crippen LogP contribution in [-0.4, -0.2) is 137 Å². The van der Waals surface area contributed by atoms with E-state index >= 15 is 0 Å². The summed E-state index contributed by atoms with van der Waals surface area (Å²) in [4.78, 5) is 41.6. The Morgan fingerprint density at radius 1 is 0.613 bits per heavy atom. The maximum absolute atomic E-state index is 12.3. The lowest BCUT2D eigenvalue weighted by Gasteiger charge is -2.49. The van der Waals surface area contributed by atoms with Crippen molar-refractivity contribution >= 4 is 75.9 Å². The topological polar surface area (TPSA) is 290 Å². The molecule has 0 aliphatic carbocycles. The second-order valence-electron chi connectivity index (χ2n) is 16.8. The average molecular weight is 1090 g/mol. The number of carboxylic acids is 2. The Morgan fingerprint density at radius 3 is 1.25 bits per heavy atom. The van der Waals surface area contributed by atoms with Gasteiger partial charge in [0.1, 0.15) is 23.9 Å². The minimum absolute atomic E-state index is 0. The van der Waals surface area contributed by atoms with E-state index < -0.39 is 55.4 Å². The van der Waals surface area contributed by atoms with Gasteiger partial charge in [-0.3, -0.25) is 0 Å². The largest absolute Gasteiger partial charge is 0.490 e. The number of nitriles is 2. The SMILES string of the molecule is C.CCS(=O)(=O)N1CC(CC#N)(n2cc(-c3ncnc4[nH]ccc34)c3ccccc32)C1.CCS(=O)(=O)N1CC(CC#N)(n2cc(-c3ncnc4[nH]ccc34)c3ccccc32)C1.O=C(O)C(F)(F)F.O=C(O)C(F)(F)F. The van der Waals surface area contributed by atoms with Crippen molar-refractivity contribution in [2.24, 2.45) is 0 Å². The van der Waals surface area contributed by atoms with Gasteiger partial charge < -0.3 is 29.3 Å². The van der Waals surface area contributed by atoms with Crippen molar-refractivity contribution in [1.29, 1.82) is 10.5 Å². The predicted octanol–water partition coefficient (Wildman–Crippen LogP) is 7.61. The number of H-pyrrole nitrogens is 2. The van der Waals surface area contributed by atoms with Gasteiger partial charge in [0.2, 0.25) is 20.0 Å². The molecule has 0 amide bonds. The molecule has 10 rings (SSSR count). The van der Waals surface area contributed by atoms with Crippen molar-refractivity contribution in [3.63, 3.8) is 0 Å². The summed E-state index contributed by atoms with van der Waals surface area (Å²) in [5.74, 6) is -5.40. The number of aromatic nitrogens is 8. The lowest BCUT2D eigenvalue weighted by atomic mass is 9.88. The number of carboxylic acid groups (broad SMARTS) is 2. The third kappa shape index (κ3) is 11.1. The summed E-state index contributed by atoms with van der Waals surface area (Å²) in [6, 6.07) is 24.3. The molecule has 8 aromatic rings. The van der Waals surface area contributed by atoms with Crippen molar-refractivity contribution in [3.05, 3.63) is 98.1 Å². The summed E-state index contributed by atoms with van der Waals surface area (Å²) in [5.41, 5.74) is 5.72. The van der Waals surface area contributed by atoms with Gasteiger partial charge in [0.05, 0.1) is 59.0 Å². The van der Waals surface area contributed by atoms with Gasteiger partial charge in [-0.2, -0.15) is 45.5 Å². The van der Waals surface area contributed by atoms with Crippen molar-refractivity contribution in [1.82, 2.24) is 47.6 Å². The number of para-hydroxylation sites is 2. The third-order valence-corrected chi connectivity index (χ3v) is 15.9. The molecule has 75 heavy (non-hydrogen) atoms. The van der Waals surface area contributed by atoms with Gasteiger partial charge >= 0.3 is 24.3 Å². The number of carbonyl (C=O) groups is 2. The van der Waals surface area contributed by atoms with E-state index in [1.807, 2.05) is 85.5 Å². The van der Waals surface area contributed by atoms with Crippen LogP contribution in [-0.2, 0) is 40.7 Å². The zero-order chi connectivity index (χ0) is 54.0. The Bertz CT molecular complexity index is 3470. The number of sulfonamides is 2. The molecule has 0 unspecified atom stereocenters. The first-order chi connectivity index (χ1) is 34.9. The molecule has 0 saturated carbocycles. The van der Waals surface area contributed by atoms with Crippen LogP contribution in [0.3, 0.4) is 0 Å². The Balaban J connectivity index is 0.000000193. The van der Waals surface area contributed by atoms with Crippen molar-refractivity contribution in [2.45, 2.75) is 57.5 Å². The van der Waals surface area contributed by atoms with Crippen molar-refractivity contribution in [3.8, 4) is 34.7 Å². The average Bonchev–Trinajstić information content (AvgIpc) is 4.17. The molecular weight excluding hydrogens is 1040 g/mol. The molecule has 28 heteroatoms. The maximum Gasteiger partial charge on any atom is 0.490 e. The highest BCUT2D eigenvalue weighted by Crippen LogP contribution is 2.43. The number of fused-ring (bicyclic) bond motifs is 4. The van der Waals surface area contributed by atoms with Crippen molar-refractivity contribution < 1.29 is 63.0 Å². The van der Waals surface area contributed by atoms with Crippen LogP contribution in [0.4, 0.5) is 26.3 Å². The zero-order valence-corrected chi connectivity index (χ0v) is 40.4. The molecule has 2 aromatic carbocycles. The minimum Gasteiger partial charge on any atom is -0.475 e. The molecule has 2 aliphatic heterocycles. The molecule has 2 saturated heterocycles. The fraction of sp³-hybridized carbons (Fsp3) is 0.319. The number of nitrogens with one attached hydrogen (secondary N) is 2. The van der Waals surface area contributed by atoms with Crippen LogP contribution in [0.15, 0.2) is 98.1 Å². The quantitative estimate of drug-likeness (QED) is 0.0959. The molecule has 4 N–H and O–H groups in total. The number of benzene rings is 2. The van der Waals surface area contributed by atoms with Crippen LogP contribution in [0.5, 0.6) is 0 Å². The van der Waals surface area contributed by atoms with Crippen LogP contribution in [0.25, 0.3) is 66.4 Å². The summed E-state index contributed by atoms with van der Waals surface area (Å²) in [6.45, 7) is 4.44. The molecule has 0 spiro atoms. The standard InChI is InChI=1S/2C21H20N6O2S.2C2HF3O2.CH4/c2*1-2-30(28,29)26-12-21(13-26,8-9-22)27-11-17(15-5-3-4-6-18(15)27)19-16-7-10-23-20(16)25-14-24-19;2*3-2(4,5)1(6)7;/h2*3-7,10-11,14H,2,8,12-13H2,1H3,(H,23,24,25);2*(H,6,7);1H4. The summed E-state index contributed by atoms with van der Waals surface area (Å²) in [7, 11) is -6.59. The van der Waals surface area contributed by atoms with E-state index in [9.17, 15) is 53.7 Å². The highest BCUT2D eigenvalue weighted by molar-refractivity contribution is 7.89. The maximum atomic E-state index is 12.3. The molecule has 20 nitrogen and oxygen atoms in total. The molecular formula is C47H46F6N12O8S2. The van der Waals surface area contributed by atoms with Gasteiger partial charge in [-0.15, -0.1) is 0 Å². The van der Waals surface area contributed by atoms with Gasteiger partial charge in [-0.1, -0.05) is 43.8 Å². The lowest BCUT2D eigenvalue weighted by Crippen LogP contribution is -2.64. The lowest BCUT2D eigenvalue weighted by molar-refractivity contribution is -0.193. The number of aromatic amines is 2. The van der Waals surface area contributed by atoms with Crippen LogP contribution in [0.1, 0.15) is 34.1 Å². The van der Waals surface area contributed by atoms with Gasteiger partial charge in [0, 0.05) is 94.7 Å². The number of hydrogen-bond donors (Lipinski definition) is 4. The van der Waals surface area contributed by atoms with E-state index in [4.69, 9.17) is 19.8 Å². The van der Waals surface area contributed by atoms with E-state index in [0.717, 1.165) is 66.4 Å². The van der Waals surface area contributed by atoms with Crippen LogP contribution in [0, 0.1) is 22.7 Å². The zero-order valence-electron chi connectivity index (χ0n) is 38.8. The fourth-order valence-electron chi connectivity index (χ4n) is 8.67. The normalized spacial score (nSPS) is 15.3. The molecule has 0 atom stereocenters. The Hall–Kier alpha value is -7.92. The molecule has 396 valence electrons. The number of rotatable bonds is 10. The molecule has 6 aromatic heterocycles. The number of aliphatic carboxylic acids is 2. The van der Waals surface area contributed by atoms with Gasteiger partial charge in [-0.25, -0.2) is 46.4 Å². The number of nitrogens with zero attached hydrogens (tertiary/aromatic N) is 10. The summed E-state index contributed by atoms with van der Waals surface area (Å²) in [5, 5.41) is 37.2. The summed E-state index contributed by atoms with van der Waals surface area (Å²) < 4.78 is 120. The third-order valence-electron chi connectivity index (χ3n) is 12.4. The molecule has 8 heterocycles. The van der Waals surface area contributed by atoms with E-state index in [1.165, 1.54) is 21.3 Å². The summed E-state index contributed by atoms with van der Waals surface area (Å²) >= 11 is 0. The van der Waals surface area contributed by atoms with E-state index in [1.54, 1.807) is 13.8 Å². The Morgan fingerprint density at radius 2 is 0.947 bits per heavy atom. The molecule has 2 fully saturated rings. The molecule has 0 radical (unpaired) electrons. The van der Waals surface area contributed by atoms with Crippen LogP contribution < -0.4 is 0 Å². The number of hydrogen-bond acceptors (Lipinski definition) is 12. The molecule has 2 aliphatic rings. The Kier molecular flexibility index (Phi) is 16.2. The first-order valence-electron chi connectivity index (χ1n) is 21.9. The van der Waals surface area contributed by atoms with E-state index in [2.05, 4.69) is 51.2 Å². The Labute approximate surface area is 423 Å². The highest BCUT2D eigenvalue weighted by Gasteiger charge is 2.51. The minimum atomic E-state index is -5.08.